The Balaban J connectivity index is 2.21. The Labute approximate surface area is 89.6 Å². The van der Waals surface area contributed by atoms with E-state index in [-0.39, 0.29) is 0 Å². The molecule has 1 aromatic rings. The molecule has 0 atom stereocenters. The fourth-order valence-corrected chi connectivity index (χ4v) is 1.81. The summed E-state index contributed by atoms with van der Waals surface area (Å²) < 4.78 is 0. The van der Waals surface area contributed by atoms with Gasteiger partial charge in [0.25, 0.3) is 0 Å². The molecule has 1 saturated carbocycles. The number of hydrogen-bond acceptors (Lipinski definition) is 1. The first-order chi connectivity index (χ1) is 6.79. The Morgan fingerprint density at radius 3 is 2.86 bits per heavy atom. The second kappa shape index (κ2) is 4.16. The summed E-state index contributed by atoms with van der Waals surface area (Å²) in [5.74, 6) is 0.735. The van der Waals surface area contributed by atoms with Gasteiger partial charge in [-0.2, -0.15) is 0 Å². The third kappa shape index (κ3) is 2.37. The zero-order chi connectivity index (χ0) is 9.97. The van der Waals surface area contributed by atoms with Crippen molar-refractivity contribution >= 4 is 17.7 Å². The molecule has 74 valence electrons. The highest BCUT2D eigenvalue weighted by molar-refractivity contribution is 6.30. The van der Waals surface area contributed by atoms with Gasteiger partial charge in [-0.15, -0.1) is 0 Å². The summed E-state index contributed by atoms with van der Waals surface area (Å²) in [5.41, 5.74) is 8.21. The van der Waals surface area contributed by atoms with Crippen LogP contribution in [0.2, 0.25) is 5.02 Å². The van der Waals surface area contributed by atoms with Crippen molar-refractivity contribution in [3.8, 4) is 0 Å². The average Bonchev–Trinajstić information content (AvgIpc) is 2.97. The van der Waals surface area contributed by atoms with Gasteiger partial charge >= 0.3 is 0 Å². The molecule has 2 rings (SSSR count). The lowest BCUT2D eigenvalue weighted by Gasteiger charge is -2.02. The molecule has 0 amide bonds. The van der Waals surface area contributed by atoms with E-state index in [0.29, 0.717) is 6.54 Å². The molecule has 14 heavy (non-hydrogen) atoms. The zero-order valence-corrected chi connectivity index (χ0v) is 8.80. The van der Waals surface area contributed by atoms with E-state index in [1.54, 1.807) is 0 Å². The predicted octanol–water partition coefficient (Wildman–Crippen LogP) is 3.09. The average molecular weight is 208 g/mol. The van der Waals surface area contributed by atoms with Gasteiger partial charge in [-0.05, 0) is 36.5 Å². The molecule has 1 nitrogen and oxygen atoms in total. The Bertz CT molecular complexity index is 353. The third-order valence-electron chi connectivity index (χ3n) is 2.54. The lowest BCUT2D eigenvalue weighted by molar-refractivity contribution is 0.950. The Hall–Kier alpha value is -0.790. The monoisotopic (exact) mass is 207 g/mol. The Morgan fingerprint density at radius 1 is 1.50 bits per heavy atom. The molecular formula is C12H14ClN. The van der Waals surface area contributed by atoms with Gasteiger partial charge in [-0.3, -0.25) is 0 Å². The highest BCUT2D eigenvalue weighted by Crippen LogP contribution is 2.36. The van der Waals surface area contributed by atoms with Gasteiger partial charge in [0, 0.05) is 11.6 Å². The summed E-state index contributed by atoms with van der Waals surface area (Å²) in [5, 5.41) is 0.783. The van der Waals surface area contributed by atoms with Crippen molar-refractivity contribution in [1.29, 1.82) is 0 Å². The molecule has 0 aliphatic heterocycles. The molecule has 0 unspecified atom stereocenters. The van der Waals surface area contributed by atoms with E-state index in [1.165, 1.54) is 18.4 Å². The quantitative estimate of drug-likeness (QED) is 0.810. The van der Waals surface area contributed by atoms with Crippen LogP contribution in [0.5, 0.6) is 0 Å². The summed E-state index contributed by atoms with van der Waals surface area (Å²) in [6.07, 6.45) is 4.76. The van der Waals surface area contributed by atoms with E-state index in [2.05, 4.69) is 12.1 Å². The molecule has 1 aromatic carbocycles. The van der Waals surface area contributed by atoms with Crippen molar-refractivity contribution in [1.82, 2.24) is 0 Å². The third-order valence-corrected chi connectivity index (χ3v) is 2.77. The summed E-state index contributed by atoms with van der Waals surface area (Å²) >= 11 is 5.91. The van der Waals surface area contributed by atoms with Crippen molar-refractivity contribution in [3.63, 3.8) is 0 Å². The number of nitrogens with two attached hydrogens (primary N) is 1. The summed E-state index contributed by atoms with van der Waals surface area (Å²) in [6, 6.07) is 7.89. The highest BCUT2D eigenvalue weighted by Gasteiger charge is 2.24. The van der Waals surface area contributed by atoms with Crippen LogP contribution in [0.15, 0.2) is 29.8 Å². The van der Waals surface area contributed by atoms with Crippen LogP contribution in [0, 0.1) is 5.92 Å². The minimum Gasteiger partial charge on any atom is -0.327 e. The second-order valence-electron chi connectivity index (χ2n) is 3.75. The maximum absolute atomic E-state index is 5.91. The van der Waals surface area contributed by atoms with Gasteiger partial charge in [0.15, 0.2) is 0 Å². The van der Waals surface area contributed by atoms with E-state index in [1.807, 2.05) is 18.2 Å². The maximum atomic E-state index is 5.91. The van der Waals surface area contributed by atoms with Crippen molar-refractivity contribution in [2.24, 2.45) is 11.7 Å². The van der Waals surface area contributed by atoms with Crippen LogP contribution in [-0.4, -0.2) is 6.54 Å². The number of hydrogen-bond donors (Lipinski definition) is 1. The molecule has 0 saturated heterocycles. The van der Waals surface area contributed by atoms with Crippen LogP contribution in [0.1, 0.15) is 18.4 Å². The van der Waals surface area contributed by atoms with Crippen LogP contribution in [0.25, 0.3) is 6.08 Å². The molecule has 0 radical (unpaired) electrons. The van der Waals surface area contributed by atoms with Crippen molar-refractivity contribution in [2.75, 3.05) is 6.54 Å². The molecule has 1 aliphatic carbocycles. The highest BCUT2D eigenvalue weighted by atomic mass is 35.5. The zero-order valence-electron chi connectivity index (χ0n) is 8.04. The number of rotatable bonds is 3. The van der Waals surface area contributed by atoms with Crippen LogP contribution < -0.4 is 5.73 Å². The first kappa shape index (κ1) is 9.75. The van der Waals surface area contributed by atoms with E-state index in [9.17, 15) is 0 Å². The summed E-state index contributed by atoms with van der Waals surface area (Å²) in [4.78, 5) is 0. The fourth-order valence-electron chi connectivity index (χ4n) is 1.61. The van der Waals surface area contributed by atoms with Gasteiger partial charge in [-0.1, -0.05) is 35.4 Å². The molecule has 2 heteroatoms. The first-order valence-corrected chi connectivity index (χ1v) is 5.33. The summed E-state index contributed by atoms with van der Waals surface area (Å²) in [7, 11) is 0. The second-order valence-corrected chi connectivity index (χ2v) is 4.19. The van der Waals surface area contributed by atoms with Gasteiger partial charge < -0.3 is 5.73 Å². The standard InChI is InChI=1S/C12H14ClN/c13-12-3-1-2-9(7-12)6-11(8-14)10-4-5-10/h1-3,6-7,10H,4-5,8,14H2/b11-6+. The van der Waals surface area contributed by atoms with Crippen LogP contribution >= 0.6 is 11.6 Å². The lowest BCUT2D eigenvalue weighted by atomic mass is 10.1. The lowest BCUT2D eigenvalue weighted by Crippen LogP contribution is -2.04. The topological polar surface area (TPSA) is 26.0 Å². The summed E-state index contributed by atoms with van der Waals surface area (Å²) in [6.45, 7) is 0.664. The molecule has 0 bridgehead atoms. The Kier molecular flexibility index (Phi) is 2.90. The van der Waals surface area contributed by atoms with E-state index >= 15 is 0 Å². The maximum Gasteiger partial charge on any atom is 0.0411 e. The van der Waals surface area contributed by atoms with Gasteiger partial charge in [0.2, 0.25) is 0 Å². The first-order valence-electron chi connectivity index (χ1n) is 4.95. The van der Waals surface area contributed by atoms with Gasteiger partial charge in [-0.25, -0.2) is 0 Å². The fraction of sp³-hybridized carbons (Fsp3) is 0.333. The van der Waals surface area contributed by atoms with Crippen LogP contribution in [-0.2, 0) is 0 Å². The van der Waals surface area contributed by atoms with Gasteiger partial charge in [0.1, 0.15) is 0 Å². The molecule has 0 spiro atoms. The van der Waals surface area contributed by atoms with Crippen molar-refractivity contribution in [3.05, 3.63) is 40.4 Å². The van der Waals surface area contributed by atoms with E-state index < -0.39 is 0 Å². The van der Waals surface area contributed by atoms with Crippen LogP contribution in [0.4, 0.5) is 0 Å². The molecule has 2 N–H and O–H groups in total. The SMILES string of the molecule is NC/C(=C\c1cccc(Cl)c1)C1CC1. The predicted molar refractivity (Wildman–Crippen MR) is 61.2 cm³/mol. The molecule has 0 heterocycles. The number of benzene rings is 1. The van der Waals surface area contributed by atoms with Crippen molar-refractivity contribution in [2.45, 2.75) is 12.8 Å². The Morgan fingerprint density at radius 2 is 2.29 bits per heavy atom. The molecule has 0 aromatic heterocycles. The minimum atomic E-state index is 0.664. The smallest absolute Gasteiger partial charge is 0.0411 e. The number of halogens is 1. The minimum absolute atomic E-state index is 0.664. The van der Waals surface area contributed by atoms with E-state index in [0.717, 1.165) is 16.5 Å². The largest absolute Gasteiger partial charge is 0.327 e. The van der Waals surface area contributed by atoms with Crippen LogP contribution in [0.3, 0.4) is 0 Å². The van der Waals surface area contributed by atoms with Gasteiger partial charge in [0.05, 0.1) is 0 Å². The molecule has 1 aliphatic rings. The molecule has 1 fully saturated rings. The normalized spacial score (nSPS) is 17.1. The van der Waals surface area contributed by atoms with Crippen molar-refractivity contribution < 1.29 is 0 Å². The van der Waals surface area contributed by atoms with E-state index in [4.69, 9.17) is 17.3 Å². The molecular weight excluding hydrogens is 194 g/mol.